The van der Waals surface area contributed by atoms with Crippen molar-refractivity contribution in [2.75, 3.05) is 20.5 Å². The number of rotatable bonds is 6. The molecule has 7 heteroatoms. The molecule has 0 saturated heterocycles. The smallest absolute Gasteiger partial charge is 0.411 e. The molecule has 0 aromatic heterocycles. The Hall–Kier alpha value is -1.14. The zero-order chi connectivity index (χ0) is 13.6. The van der Waals surface area contributed by atoms with E-state index in [0.717, 1.165) is 5.56 Å². The Kier molecular flexibility index (Phi) is 5.55. The van der Waals surface area contributed by atoms with Crippen molar-refractivity contribution in [3.05, 3.63) is 23.8 Å². The fourth-order valence-electron chi connectivity index (χ4n) is 1.18. The van der Waals surface area contributed by atoms with Gasteiger partial charge in [0.25, 0.3) is 0 Å². The molecule has 0 aliphatic carbocycles. The summed E-state index contributed by atoms with van der Waals surface area (Å²) in [5, 5.41) is 0. The Morgan fingerprint density at radius 1 is 1.22 bits per heavy atom. The number of alkyl halides is 4. The average molecular weight is 285 g/mol. The first-order valence-electron chi connectivity index (χ1n) is 4.96. The summed E-state index contributed by atoms with van der Waals surface area (Å²) in [6.45, 7) is -1.86. The molecule has 1 rings (SSSR count). The molecule has 0 saturated carbocycles. The minimum Gasteiger partial charge on any atom is -0.493 e. The van der Waals surface area contributed by atoms with E-state index in [1.165, 1.54) is 7.11 Å². The second-order valence-corrected chi connectivity index (χ2v) is 3.61. The van der Waals surface area contributed by atoms with Crippen molar-refractivity contribution in [3.63, 3.8) is 0 Å². The fraction of sp³-hybridized carbons (Fsp3) is 0.455. The third-order valence-corrected chi connectivity index (χ3v) is 2.25. The van der Waals surface area contributed by atoms with Crippen molar-refractivity contribution >= 4 is 11.6 Å². The lowest BCUT2D eigenvalue weighted by atomic mass is 10.2. The van der Waals surface area contributed by atoms with Crippen LogP contribution in [0.1, 0.15) is 5.56 Å². The standard InChI is InChI=1S/C11H12ClF3O3/c1-16-10-4-8(5-12)2-3-9(10)18-7-17-6-11(13,14)15/h2-4H,5-7H2,1H3. The van der Waals surface area contributed by atoms with Gasteiger partial charge in [0.05, 0.1) is 7.11 Å². The van der Waals surface area contributed by atoms with Gasteiger partial charge in [0.15, 0.2) is 18.3 Å². The van der Waals surface area contributed by atoms with Crippen LogP contribution in [-0.2, 0) is 10.6 Å². The number of hydrogen-bond acceptors (Lipinski definition) is 3. The molecule has 1 aromatic carbocycles. The largest absolute Gasteiger partial charge is 0.493 e. The van der Waals surface area contributed by atoms with Crippen LogP contribution >= 0.6 is 11.6 Å². The molecule has 0 unspecified atom stereocenters. The second kappa shape index (κ2) is 6.70. The number of methoxy groups -OCH3 is 1. The fourth-order valence-corrected chi connectivity index (χ4v) is 1.34. The highest BCUT2D eigenvalue weighted by Gasteiger charge is 2.27. The van der Waals surface area contributed by atoms with Gasteiger partial charge in [-0.1, -0.05) is 6.07 Å². The maximum Gasteiger partial charge on any atom is 0.411 e. The number of benzene rings is 1. The lowest BCUT2D eigenvalue weighted by Gasteiger charge is -2.12. The third kappa shape index (κ3) is 5.01. The molecule has 0 radical (unpaired) electrons. The summed E-state index contributed by atoms with van der Waals surface area (Å²) in [6.07, 6.45) is -4.37. The molecular formula is C11H12ClF3O3. The molecule has 0 atom stereocenters. The van der Waals surface area contributed by atoms with Gasteiger partial charge < -0.3 is 14.2 Å². The predicted octanol–water partition coefficient (Wildman–Crippen LogP) is 3.35. The third-order valence-electron chi connectivity index (χ3n) is 1.95. The second-order valence-electron chi connectivity index (χ2n) is 3.34. The van der Waals surface area contributed by atoms with E-state index in [9.17, 15) is 13.2 Å². The van der Waals surface area contributed by atoms with E-state index in [-0.39, 0.29) is 0 Å². The SMILES string of the molecule is COc1cc(CCl)ccc1OCOCC(F)(F)F. The van der Waals surface area contributed by atoms with E-state index in [1.54, 1.807) is 18.2 Å². The molecule has 0 fully saturated rings. The van der Waals surface area contributed by atoms with Crippen molar-refractivity contribution < 1.29 is 27.4 Å². The minimum atomic E-state index is -4.37. The Labute approximate surface area is 107 Å². The zero-order valence-electron chi connectivity index (χ0n) is 9.59. The Balaban J connectivity index is 2.51. The molecule has 0 aliphatic rings. The highest BCUT2D eigenvalue weighted by atomic mass is 35.5. The van der Waals surface area contributed by atoms with Crippen LogP contribution < -0.4 is 9.47 Å². The van der Waals surface area contributed by atoms with Crippen LogP contribution in [0, 0.1) is 0 Å². The first-order chi connectivity index (χ1) is 8.46. The van der Waals surface area contributed by atoms with Gasteiger partial charge in [-0.05, 0) is 17.7 Å². The molecule has 3 nitrogen and oxygen atoms in total. The molecular weight excluding hydrogens is 273 g/mol. The van der Waals surface area contributed by atoms with Crippen LogP contribution in [0.5, 0.6) is 11.5 Å². The first-order valence-corrected chi connectivity index (χ1v) is 5.50. The van der Waals surface area contributed by atoms with E-state index in [4.69, 9.17) is 21.1 Å². The maximum absolute atomic E-state index is 11.8. The molecule has 0 heterocycles. The molecule has 102 valence electrons. The quantitative estimate of drug-likeness (QED) is 0.455. The van der Waals surface area contributed by atoms with Crippen molar-refractivity contribution in [3.8, 4) is 11.5 Å². The molecule has 0 amide bonds. The summed E-state index contributed by atoms with van der Waals surface area (Å²) in [5.41, 5.74) is 0.817. The van der Waals surface area contributed by atoms with Gasteiger partial charge in [0.2, 0.25) is 0 Å². The van der Waals surface area contributed by atoms with E-state index < -0.39 is 19.6 Å². The van der Waals surface area contributed by atoms with Crippen LogP contribution in [0.3, 0.4) is 0 Å². The lowest BCUT2D eigenvalue weighted by molar-refractivity contribution is -0.186. The average Bonchev–Trinajstić information content (AvgIpc) is 2.33. The summed E-state index contributed by atoms with van der Waals surface area (Å²) in [5.74, 6) is 0.999. The van der Waals surface area contributed by atoms with E-state index >= 15 is 0 Å². The molecule has 0 spiro atoms. The molecule has 0 aliphatic heterocycles. The predicted molar refractivity (Wildman–Crippen MR) is 60.1 cm³/mol. The minimum absolute atomic E-state index is 0.300. The van der Waals surface area contributed by atoms with E-state index in [0.29, 0.717) is 17.4 Å². The van der Waals surface area contributed by atoms with Crippen molar-refractivity contribution in [1.82, 2.24) is 0 Å². The van der Waals surface area contributed by atoms with Gasteiger partial charge in [-0.2, -0.15) is 13.2 Å². The highest BCUT2D eigenvalue weighted by molar-refractivity contribution is 6.17. The highest BCUT2D eigenvalue weighted by Crippen LogP contribution is 2.28. The maximum atomic E-state index is 11.8. The van der Waals surface area contributed by atoms with Gasteiger partial charge in [-0.25, -0.2) is 0 Å². The van der Waals surface area contributed by atoms with Crippen molar-refractivity contribution in [2.45, 2.75) is 12.1 Å². The summed E-state index contributed by atoms with van der Waals surface area (Å²) in [7, 11) is 1.43. The van der Waals surface area contributed by atoms with Crippen LogP contribution in [0.2, 0.25) is 0 Å². The monoisotopic (exact) mass is 284 g/mol. The number of hydrogen-bond donors (Lipinski definition) is 0. The zero-order valence-corrected chi connectivity index (χ0v) is 10.3. The van der Waals surface area contributed by atoms with Crippen LogP contribution in [0.25, 0.3) is 0 Å². The Bertz CT molecular complexity index is 382. The summed E-state index contributed by atoms with van der Waals surface area (Å²) in [4.78, 5) is 0. The normalized spacial score (nSPS) is 11.4. The molecule has 0 bridgehead atoms. The summed E-state index contributed by atoms with van der Waals surface area (Å²) >= 11 is 5.64. The van der Waals surface area contributed by atoms with Crippen LogP contribution in [-0.4, -0.2) is 26.7 Å². The number of halogens is 4. The van der Waals surface area contributed by atoms with Crippen molar-refractivity contribution in [2.24, 2.45) is 0 Å². The lowest BCUT2D eigenvalue weighted by Crippen LogP contribution is -2.19. The van der Waals surface area contributed by atoms with E-state index in [1.807, 2.05) is 0 Å². The Morgan fingerprint density at radius 3 is 2.50 bits per heavy atom. The first kappa shape index (κ1) is 14.9. The Morgan fingerprint density at radius 2 is 1.94 bits per heavy atom. The van der Waals surface area contributed by atoms with Crippen LogP contribution in [0.15, 0.2) is 18.2 Å². The molecule has 1 aromatic rings. The topological polar surface area (TPSA) is 27.7 Å². The van der Waals surface area contributed by atoms with Gasteiger partial charge in [0, 0.05) is 5.88 Å². The van der Waals surface area contributed by atoms with E-state index in [2.05, 4.69) is 4.74 Å². The van der Waals surface area contributed by atoms with Gasteiger partial charge >= 0.3 is 6.18 Å². The number of ether oxygens (including phenoxy) is 3. The van der Waals surface area contributed by atoms with Gasteiger partial charge in [-0.15, -0.1) is 11.6 Å². The molecule has 0 N–H and O–H groups in total. The summed E-state index contributed by atoms with van der Waals surface area (Å²) in [6, 6.07) is 4.90. The summed E-state index contributed by atoms with van der Waals surface area (Å²) < 4.78 is 49.8. The van der Waals surface area contributed by atoms with Gasteiger partial charge in [-0.3, -0.25) is 0 Å². The molecule has 18 heavy (non-hydrogen) atoms. The van der Waals surface area contributed by atoms with Gasteiger partial charge in [0.1, 0.15) is 6.61 Å². The van der Waals surface area contributed by atoms with Crippen molar-refractivity contribution in [1.29, 1.82) is 0 Å². The van der Waals surface area contributed by atoms with Crippen LogP contribution in [0.4, 0.5) is 13.2 Å².